The lowest BCUT2D eigenvalue weighted by Crippen LogP contribution is -2.39. The number of carbonyl (C=O) groups excluding carboxylic acids is 1. The van der Waals surface area contributed by atoms with E-state index in [4.69, 9.17) is 0 Å². The van der Waals surface area contributed by atoms with Gasteiger partial charge in [0.2, 0.25) is 0 Å². The second-order valence-electron chi connectivity index (χ2n) is 5.30. The van der Waals surface area contributed by atoms with Crippen molar-refractivity contribution < 1.29 is 4.79 Å². The molecule has 2 aliphatic rings. The first-order chi connectivity index (χ1) is 9.83. The van der Waals surface area contributed by atoms with E-state index in [1.165, 1.54) is 22.6 Å². The number of benzene rings is 1. The molecule has 1 amide bonds. The molecule has 0 aliphatic carbocycles. The molecule has 0 radical (unpaired) electrons. The second-order valence-corrected chi connectivity index (χ2v) is 6.52. The molecule has 0 aromatic heterocycles. The minimum absolute atomic E-state index is 0. The number of carbonyl (C=O) groups is 1. The Morgan fingerprint density at radius 1 is 1.18 bits per heavy atom. The summed E-state index contributed by atoms with van der Waals surface area (Å²) in [7, 11) is 0. The van der Waals surface area contributed by atoms with Crippen LogP contribution in [0.15, 0.2) is 18.2 Å². The highest BCUT2D eigenvalue weighted by Crippen LogP contribution is 2.16. The molecule has 2 heterocycles. The molecule has 0 bridgehead atoms. The highest BCUT2D eigenvalue weighted by molar-refractivity contribution is 7.99. The van der Waals surface area contributed by atoms with Crippen molar-refractivity contribution in [1.29, 1.82) is 0 Å². The molecular formula is C15H23Cl2N3OS. The zero-order valence-corrected chi connectivity index (χ0v) is 14.9. The molecule has 0 saturated carbocycles. The van der Waals surface area contributed by atoms with Crippen molar-refractivity contribution in [3.05, 3.63) is 34.9 Å². The Kier molecular flexibility index (Phi) is 8.57. The van der Waals surface area contributed by atoms with Gasteiger partial charge in [-0.2, -0.15) is 11.8 Å². The molecule has 1 saturated heterocycles. The molecule has 22 heavy (non-hydrogen) atoms. The second kappa shape index (κ2) is 9.63. The monoisotopic (exact) mass is 363 g/mol. The first kappa shape index (κ1) is 19.6. The lowest BCUT2D eigenvalue weighted by atomic mass is 10.1. The van der Waals surface area contributed by atoms with E-state index < -0.39 is 0 Å². The van der Waals surface area contributed by atoms with Crippen molar-refractivity contribution in [3.8, 4) is 0 Å². The van der Waals surface area contributed by atoms with Crippen LogP contribution < -0.4 is 10.6 Å². The van der Waals surface area contributed by atoms with Gasteiger partial charge in [-0.25, -0.2) is 0 Å². The maximum Gasteiger partial charge on any atom is 0.251 e. The number of halogens is 2. The van der Waals surface area contributed by atoms with Crippen molar-refractivity contribution >= 4 is 42.5 Å². The molecule has 124 valence electrons. The van der Waals surface area contributed by atoms with Gasteiger partial charge in [0.1, 0.15) is 0 Å². The summed E-state index contributed by atoms with van der Waals surface area (Å²) >= 11 is 2.01. The van der Waals surface area contributed by atoms with Crippen molar-refractivity contribution in [3.63, 3.8) is 0 Å². The van der Waals surface area contributed by atoms with Gasteiger partial charge in [0.05, 0.1) is 0 Å². The summed E-state index contributed by atoms with van der Waals surface area (Å²) in [6.45, 7) is 5.78. The van der Waals surface area contributed by atoms with Crippen molar-refractivity contribution in [2.24, 2.45) is 0 Å². The summed E-state index contributed by atoms with van der Waals surface area (Å²) in [4.78, 5) is 14.6. The van der Waals surface area contributed by atoms with Crippen LogP contribution in [0.3, 0.4) is 0 Å². The molecule has 1 aromatic carbocycles. The van der Waals surface area contributed by atoms with Crippen LogP contribution in [0.4, 0.5) is 0 Å². The summed E-state index contributed by atoms with van der Waals surface area (Å²) in [6.07, 6.45) is 0. The van der Waals surface area contributed by atoms with E-state index >= 15 is 0 Å². The fourth-order valence-corrected chi connectivity index (χ4v) is 3.67. The Bertz CT molecular complexity index is 496. The van der Waals surface area contributed by atoms with Gasteiger partial charge >= 0.3 is 0 Å². The van der Waals surface area contributed by atoms with Gasteiger partial charge in [0.25, 0.3) is 5.91 Å². The number of hydrogen-bond acceptors (Lipinski definition) is 4. The zero-order chi connectivity index (χ0) is 13.8. The summed E-state index contributed by atoms with van der Waals surface area (Å²) in [5, 5.41) is 6.33. The molecule has 2 aliphatic heterocycles. The van der Waals surface area contributed by atoms with Gasteiger partial charge in [-0.05, 0) is 23.3 Å². The smallest absolute Gasteiger partial charge is 0.251 e. The third kappa shape index (κ3) is 5.03. The predicted octanol–water partition coefficient (Wildman–Crippen LogP) is 1.91. The van der Waals surface area contributed by atoms with E-state index in [0.29, 0.717) is 0 Å². The van der Waals surface area contributed by atoms with Crippen molar-refractivity contribution in [1.82, 2.24) is 15.5 Å². The van der Waals surface area contributed by atoms with Gasteiger partial charge in [0, 0.05) is 56.3 Å². The lowest BCUT2D eigenvalue weighted by molar-refractivity contribution is 0.0949. The average Bonchev–Trinajstić information content (AvgIpc) is 2.95. The molecule has 4 nitrogen and oxygen atoms in total. The number of hydrogen-bond donors (Lipinski definition) is 2. The number of fused-ring (bicyclic) bond motifs is 1. The molecule has 0 spiro atoms. The first-order valence-corrected chi connectivity index (χ1v) is 8.39. The first-order valence-electron chi connectivity index (χ1n) is 7.24. The van der Waals surface area contributed by atoms with Crippen LogP contribution in [-0.2, 0) is 13.1 Å². The molecule has 2 N–H and O–H groups in total. The zero-order valence-electron chi connectivity index (χ0n) is 12.5. The highest BCUT2D eigenvalue weighted by Gasteiger charge is 2.14. The average molecular weight is 364 g/mol. The quantitative estimate of drug-likeness (QED) is 0.857. The van der Waals surface area contributed by atoms with E-state index in [1.54, 1.807) is 0 Å². The van der Waals surface area contributed by atoms with Crippen LogP contribution in [0, 0.1) is 0 Å². The third-order valence-electron chi connectivity index (χ3n) is 3.92. The summed E-state index contributed by atoms with van der Waals surface area (Å²) < 4.78 is 0. The van der Waals surface area contributed by atoms with Crippen molar-refractivity contribution in [2.75, 3.05) is 37.7 Å². The van der Waals surface area contributed by atoms with Crippen LogP contribution in [0.25, 0.3) is 0 Å². The van der Waals surface area contributed by atoms with Crippen LogP contribution >= 0.6 is 36.6 Å². The van der Waals surface area contributed by atoms with Crippen LogP contribution in [0.2, 0.25) is 0 Å². The van der Waals surface area contributed by atoms with Gasteiger partial charge in [-0.15, -0.1) is 24.8 Å². The van der Waals surface area contributed by atoms with E-state index in [9.17, 15) is 4.79 Å². The third-order valence-corrected chi connectivity index (χ3v) is 4.86. The molecular weight excluding hydrogens is 341 g/mol. The fourth-order valence-electron chi connectivity index (χ4n) is 2.69. The van der Waals surface area contributed by atoms with Crippen LogP contribution in [-0.4, -0.2) is 48.5 Å². The maximum absolute atomic E-state index is 12.1. The Morgan fingerprint density at radius 2 is 1.91 bits per heavy atom. The Hall–Kier alpha value is -0.460. The SMILES string of the molecule is Cl.Cl.O=C(NCCN1CCSCC1)c1ccc2c(c1)CNC2. The predicted molar refractivity (Wildman–Crippen MR) is 97.6 cm³/mol. The van der Waals surface area contributed by atoms with E-state index in [2.05, 4.69) is 21.6 Å². The normalized spacial score (nSPS) is 17.1. The van der Waals surface area contributed by atoms with Crippen molar-refractivity contribution in [2.45, 2.75) is 13.1 Å². The van der Waals surface area contributed by atoms with Gasteiger partial charge in [0.15, 0.2) is 0 Å². The number of amides is 1. The topological polar surface area (TPSA) is 44.4 Å². The van der Waals surface area contributed by atoms with Gasteiger partial charge < -0.3 is 10.6 Å². The Labute approximate surface area is 148 Å². The fraction of sp³-hybridized carbons (Fsp3) is 0.533. The molecule has 3 rings (SSSR count). The summed E-state index contributed by atoms with van der Waals surface area (Å²) in [6, 6.07) is 6.01. The number of rotatable bonds is 4. The number of thioether (sulfide) groups is 1. The Balaban J connectivity index is 0.00000121. The summed E-state index contributed by atoms with van der Waals surface area (Å²) in [5.41, 5.74) is 3.35. The highest BCUT2D eigenvalue weighted by atomic mass is 35.5. The van der Waals surface area contributed by atoms with E-state index in [1.807, 2.05) is 23.9 Å². The number of nitrogens with zero attached hydrogens (tertiary/aromatic N) is 1. The van der Waals surface area contributed by atoms with E-state index in [-0.39, 0.29) is 30.7 Å². The van der Waals surface area contributed by atoms with Crippen LogP contribution in [0.1, 0.15) is 21.5 Å². The maximum atomic E-state index is 12.1. The van der Waals surface area contributed by atoms with E-state index in [0.717, 1.165) is 44.8 Å². The molecule has 0 unspecified atom stereocenters. The number of nitrogens with one attached hydrogen (secondary N) is 2. The lowest BCUT2D eigenvalue weighted by Gasteiger charge is -2.26. The minimum Gasteiger partial charge on any atom is -0.351 e. The van der Waals surface area contributed by atoms with Gasteiger partial charge in [-0.1, -0.05) is 6.07 Å². The molecule has 1 fully saturated rings. The molecule has 0 atom stereocenters. The largest absolute Gasteiger partial charge is 0.351 e. The summed E-state index contributed by atoms with van der Waals surface area (Å²) in [5.74, 6) is 2.48. The molecule has 1 aromatic rings. The minimum atomic E-state index is 0. The Morgan fingerprint density at radius 3 is 2.68 bits per heavy atom. The standard InChI is InChI=1S/C15H21N3OS.2ClH/c19-15(17-3-4-18-5-7-20-8-6-18)12-1-2-13-10-16-11-14(13)9-12;;/h1-2,9,16H,3-8,10-11H2,(H,17,19);2*1H. The van der Waals surface area contributed by atoms with Crippen LogP contribution in [0.5, 0.6) is 0 Å². The van der Waals surface area contributed by atoms with Gasteiger partial charge in [-0.3, -0.25) is 9.69 Å². The molecule has 7 heteroatoms.